The number of rotatable bonds is 52. The quantitative estimate of drug-likeness (QED) is 0.0261. The maximum absolute atomic E-state index is 13.1. The number of aliphatic hydroxyl groups excluding tert-OH is 5. The van der Waals surface area contributed by atoms with Crippen LogP contribution in [0.3, 0.4) is 0 Å². The van der Waals surface area contributed by atoms with E-state index in [-0.39, 0.29) is 12.5 Å². The maximum atomic E-state index is 13.1. The van der Waals surface area contributed by atoms with Crippen LogP contribution in [-0.4, -0.2) is 87.5 Å². The molecule has 1 aliphatic heterocycles. The number of allylic oxidation sites excluding steroid dienone is 21. The average molecular weight is 1090 g/mol. The molecule has 9 heteroatoms. The number of ether oxygens (including phenoxy) is 2. The molecule has 1 amide bonds. The predicted octanol–water partition coefficient (Wildman–Crippen LogP) is 16.5. The molecule has 1 aliphatic rings. The van der Waals surface area contributed by atoms with E-state index in [1.54, 1.807) is 6.08 Å². The van der Waals surface area contributed by atoms with Crippen LogP contribution in [0.25, 0.3) is 0 Å². The van der Waals surface area contributed by atoms with Crippen molar-refractivity contribution < 1.29 is 39.8 Å². The SMILES string of the molecule is CC/C=C\C/C=C\C/C=C\C/C=C\C/C=C\C/C=C\C/C=C\C/C=C\C/C=C\CCCCCCCCCCCCCC(=O)NC(COC1OC(CO)C(O)C(O)C1O)C(O)/C=C/CC/C=C/CCCCCCCCCCCC. The van der Waals surface area contributed by atoms with E-state index in [0.717, 1.165) is 109 Å². The Balaban J connectivity index is 2.16. The second kappa shape index (κ2) is 56.6. The fourth-order valence-electron chi connectivity index (χ4n) is 9.05. The van der Waals surface area contributed by atoms with E-state index in [2.05, 4.69) is 141 Å². The van der Waals surface area contributed by atoms with Crippen molar-refractivity contribution in [2.45, 2.75) is 281 Å². The zero-order chi connectivity index (χ0) is 56.5. The van der Waals surface area contributed by atoms with Crippen LogP contribution in [0.15, 0.2) is 134 Å². The molecule has 0 aliphatic carbocycles. The van der Waals surface area contributed by atoms with Crippen molar-refractivity contribution in [3.05, 3.63) is 134 Å². The Hall–Kier alpha value is -3.67. The Labute approximate surface area is 477 Å². The van der Waals surface area contributed by atoms with Gasteiger partial charge < -0.3 is 40.3 Å². The molecular weight excluding hydrogens is 971 g/mol. The molecule has 1 saturated heterocycles. The lowest BCUT2D eigenvalue weighted by Gasteiger charge is -2.40. The summed E-state index contributed by atoms with van der Waals surface area (Å²) >= 11 is 0. The first-order valence-electron chi connectivity index (χ1n) is 31.4. The van der Waals surface area contributed by atoms with Gasteiger partial charge in [-0.25, -0.2) is 0 Å². The van der Waals surface area contributed by atoms with E-state index in [1.807, 2.05) is 6.08 Å². The largest absolute Gasteiger partial charge is 0.394 e. The van der Waals surface area contributed by atoms with Gasteiger partial charge in [-0.05, 0) is 103 Å². The molecule has 9 nitrogen and oxygen atoms in total. The molecule has 1 heterocycles. The molecule has 0 aromatic carbocycles. The van der Waals surface area contributed by atoms with E-state index >= 15 is 0 Å². The van der Waals surface area contributed by atoms with Gasteiger partial charge in [-0.3, -0.25) is 4.79 Å². The molecule has 1 fully saturated rings. The van der Waals surface area contributed by atoms with Crippen molar-refractivity contribution in [2.75, 3.05) is 13.2 Å². The van der Waals surface area contributed by atoms with Gasteiger partial charge in [0.2, 0.25) is 5.91 Å². The summed E-state index contributed by atoms with van der Waals surface area (Å²) in [5.41, 5.74) is 0. The molecule has 0 radical (unpaired) electrons. The number of carbonyl (C=O) groups is 1. The summed E-state index contributed by atoms with van der Waals surface area (Å²) < 4.78 is 11.3. The Bertz CT molecular complexity index is 1690. The van der Waals surface area contributed by atoms with Gasteiger partial charge in [0.15, 0.2) is 6.29 Å². The zero-order valence-electron chi connectivity index (χ0n) is 49.4. The van der Waals surface area contributed by atoms with Gasteiger partial charge in [-0.2, -0.15) is 0 Å². The molecule has 6 N–H and O–H groups in total. The topological polar surface area (TPSA) is 149 Å². The summed E-state index contributed by atoms with van der Waals surface area (Å²) in [5, 5.41) is 54.5. The van der Waals surface area contributed by atoms with Crippen molar-refractivity contribution in [1.29, 1.82) is 0 Å². The van der Waals surface area contributed by atoms with Crippen LogP contribution in [-0.2, 0) is 14.3 Å². The van der Waals surface area contributed by atoms with Crippen LogP contribution in [0, 0.1) is 0 Å². The third-order valence-electron chi connectivity index (χ3n) is 14.0. The van der Waals surface area contributed by atoms with Crippen molar-refractivity contribution in [2.24, 2.45) is 0 Å². The standard InChI is InChI=1S/C69H115NO8/c1-3-5-7-9-11-13-15-17-19-21-22-23-24-25-26-27-28-29-30-31-32-33-34-35-36-37-38-39-40-41-42-43-45-47-49-51-53-55-57-59-65(73)70-62(61-77-69-68(76)67(75)66(74)64(60-71)78-69)63(72)58-56-54-52-50-48-46-44-20-18-16-14-12-10-8-6-4-2/h5,7,11,13,17,19,22-23,25-26,28-29,31-32,34-35,37-38,48,50,56,58,62-64,66-69,71-72,74-76H,3-4,6,8-10,12,14-16,18,20-21,24,27,30,33,36,39-47,49,51-55,57,59-61H2,1-2H3,(H,70,73)/b7-5-,13-11-,19-17-,23-22-,26-25-,29-28-,32-31-,35-34-,38-37-,50-48+,58-56+. The molecule has 7 atom stereocenters. The van der Waals surface area contributed by atoms with E-state index in [1.165, 1.54) is 109 Å². The summed E-state index contributed by atoms with van der Waals surface area (Å²) in [6.07, 6.45) is 79.6. The lowest BCUT2D eigenvalue weighted by Crippen LogP contribution is -2.60. The summed E-state index contributed by atoms with van der Waals surface area (Å²) in [6.45, 7) is 3.64. The molecule has 0 aromatic heterocycles. The molecule has 78 heavy (non-hydrogen) atoms. The summed E-state index contributed by atoms with van der Waals surface area (Å²) in [4.78, 5) is 13.1. The van der Waals surface area contributed by atoms with Crippen molar-refractivity contribution >= 4 is 5.91 Å². The van der Waals surface area contributed by atoms with Crippen molar-refractivity contribution in [3.8, 4) is 0 Å². The van der Waals surface area contributed by atoms with E-state index < -0.39 is 49.5 Å². The molecule has 0 aromatic rings. The molecule has 1 rings (SSSR count). The highest BCUT2D eigenvalue weighted by Crippen LogP contribution is 2.23. The van der Waals surface area contributed by atoms with Crippen LogP contribution in [0.5, 0.6) is 0 Å². The third kappa shape index (κ3) is 45.1. The molecule has 0 saturated carbocycles. The second-order valence-electron chi connectivity index (χ2n) is 21.1. The van der Waals surface area contributed by atoms with Gasteiger partial charge in [-0.1, -0.05) is 263 Å². The van der Waals surface area contributed by atoms with Crippen LogP contribution >= 0.6 is 0 Å². The van der Waals surface area contributed by atoms with Gasteiger partial charge >= 0.3 is 0 Å². The monoisotopic (exact) mass is 1090 g/mol. The van der Waals surface area contributed by atoms with Crippen LogP contribution < -0.4 is 5.32 Å². The molecule has 0 spiro atoms. The Kier molecular flexibility index (Phi) is 52.5. The Morgan fingerprint density at radius 1 is 0.449 bits per heavy atom. The highest BCUT2D eigenvalue weighted by Gasteiger charge is 2.44. The zero-order valence-corrected chi connectivity index (χ0v) is 49.4. The van der Waals surface area contributed by atoms with Gasteiger partial charge in [0.25, 0.3) is 0 Å². The van der Waals surface area contributed by atoms with Crippen molar-refractivity contribution in [3.63, 3.8) is 0 Å². The van der Waals surface area contributed by atoms with Gasteiger partial charge in [0.05, 0.1) is 25.4 Å². The van der Waals surface area contributed by atoms with Crippen LogP contribution in [0.2, 0.25) is 0 Å². The Morgan fingerprint density at radius 3 is 1.23 bits per heavy atom. The predicted molar refractivity (Wildman–Crippen MR) is 331 cm³/mol. The number of carbonyl (C=O) groups excluding carboxylic acids is 1. The molecule has 0 bridgehead atoms. The van der Waals surface area contributed by atoms with Crippen LogP contribution in [0.1, 0.15) is 239 Å². The highest BCUT2D eigenvalue weighted by molar-refractivity contribution is 5.76. The summed E-state index contributed by atoms with van der Waals surface area (Å²) in [6, 6.07) is -0.832. The van der Waals surface area contributed by atoms with E-state index in [0.29, 0.717) is 6.42 Å². The Morgan fingerprint density at radius 2 is 0.808 bits per heavy atom. The highest BCUT2D eigenvalue weighted by atomic mass is 16.7. The number of unbranched alkanes of at least 4 members (excludes halogenated alkanes) is 22. The summed E-state index contributed by atoms with van der Waals surface area (Å²) in [7, 11) is 0. The number of hydrogen-bond donors (Lipinski definition) is 6. The molecule has 444 valence electrons. The first-order chi connectivity index (χ1) is 38.3. The van der Waals surface area contributed by atoms with Crippen molar-refractivity contribution in [1.82, 2.24) is 5.32 Å². The first kappa shape index (κ1) is 72.3. The minimum atomic E-state index is -1.58. The maximum Gasteiger partial charge on any atom is 0.220 e. The minimum Gasteiger partial charge on any atom is -0.394 e. The van der Waals surface area contributed by atoms with E-state index in [9.17, 15) is 30.3 Å². The fraction of sp³-hybridized carbons (Fsp3) is 0.667. The number of aliphatic hydroxyl groups is 5. The molecule has 7 unspecified atom stereocenters. The van der Waals surface area contributed by atoms with Crippen LogP contribution in [0.4, 0.5) is 0 Å². The van der Waals surface area contributed by atoms with Gasteiger partial charge in [0, 0.05) is 6.42 Å². The summed E-state index contributed by atoms with van der Waals surface area (Å²) in [5.74, 6) is -0.195. The number of amides is 1. The lowest BCUT2D eigenvalue weighted by molar-refractivity contribution is -0.302. The molecular formula is C69H115NO8. The minimum absolute atomic E-state index is 0.195. The second-order valence-corrected chi connectivity index (χ2v) is 21.1. The number of hydrogen-bond acceptors (Lipinski definition) is 8. The fourth-order valence-corrected chi connectivity index (χ4v) is 9.05. The number of nitrogens with one attached hydrogen (secondary N) is 1. The van der Waals surface area contributed by atoms with Gasteiger partial charge in [0.1, 0.15) is 24.4 Å². The van der Waals surface area contributed by atoms with Gasteiger partial charge in [-0.15, -0.1) is 0 Å². The first-order valence-corrected chi connectivity index (χ1v) is 31.4. The normalized spacial score (nSPS) is 19.6. The smallest absolute Gasteiger partial charge is 0.220 e. The van der Waals surface area contributed by atoms with E-state index in [4.69, 9.17) is 9.47 Å². The average Bonchev–Trinajstić information content (AvgIpc) is 3.45. The third-order valence-corrected chi connectivity index (χ3v) is 14.0. The lowest BCUT2D eigenvalue weighted by atomic mass is 9.99.